The summed E-state index contributed by atoms with van der Waals surface area (Å²) in [4.78, 5) is 13.3. The molecule has 3 N–H and O–H groups in total. The zero-order chi connectivity index (χ0) is 13.0. The third-order valence-corrected chi connectivity index (χ3v) is 2.67. The summed E-state index contributed by atoms with van der Waals surface area (Å²) in [7, 11) is 0. The van der Waals surface area contributed by atoms with E-state index in [1.165, 1.54) is 0 Å². The van der Waals surface area contributed by atoms with E-state index in [1.54, 1.807) is 18.2 Å². The molecule has 0 aliphatic carbocycles. The number of nitrogens with zero attached hydrogens (tertiary/aromatic N) is 1. The second kappa shape index (κ2) is 5.57. The molecular formula is C13H20N2O2. The van der Waals surface area contributed by atoms with Gasteiger partial charge in [0.15, 0.2) is 0 Å². The van der Waals surface area contributed by atoms with E-state index >= 15 is 0 Å². The van der Waals surface area contributed by atoms with Crippen molar-refractivity contribution in [2.75, 3.05) is 17.2 Å². The summed E-state index contributed by atoms with van der Waals surface area (Å²) in [5.74, 6) is -0.936. The Morgan fingerprint density at radius 3 is 2.59 bits per heavy atom. The zero-order valence-corrected chi connectivity index (χ0v) is 10.6. The highest BCUT2D eigenvalue weighted by molar-refractivity contribution is 5.98. The van der Waals surface area contributed by atoms with E-state index in [4.69, 9.17) is 5.73 Å². The molecule has 17 heavy (non-hydrogen) atoms. The lowest BCUT2D eigenvalue weighted by Crippen LogP contribution is -2.33. The first-order valence-electron chi connectivity index (χ1n) is 5.87. The maximum atomic E-state index is 11.2. The first-order chi connectivity index (χ1) is 7.99. The van der Waals surface area contributed by atoms with Crippen LogP contribution in [-0.4, -0.2) is 23.7 Å². The maximum Gasteiger partial charge on any atom is 0.337 e. The predicted octanol–water partition coefficient (Wildman–Crippen LogP) is 2.59. The number of carboxylic acids is 1. The molecule has 0 radical (unpaired) electrons. The molecule has 1 aromatic rings. The molecule has 4 heteroatoms. The monoisotopic (exact) mass is 236 g/mol. The Morgan fingerprint density at radius 2 is 2.12 bits per heavy atom. The molecule has 0 aliphatic heterocycles. The normalized spacial score (nSPS) is 10.6. The van der Waals surface area contributed by atoms with Gasteiger partial charge in [-0.15, -0.1) is 0 Å². The van der Waals surface area contributed by atoms with Crippen molar-refractivity contribution in [3.63, 3.8) is 0 Å². The molecule has 94 valence electrons. The minimum Gasteiger partial charge on any atom is -0.478 e. The van der Waals surface area contributed by atoms with Gasteiger partial charge in [-0.3, -0.25) is 0 Å². The number of hydrogen-bond donors (Lipinski definition) is 2. The molecule has 0 unspecified atom stereocenters. The van der Waals surface area contributed by atoms with Crippen LogP contribution in [-0.2, 0) is 0 Å². The molecule has 0 saturated carbocycles. The molecule has 1 aromatic carbocycles. The Bertz CT molecular complexity index is 402. The van der Waals surface area contributed by atoms with E-state index in [0.717, 1.165) is 13.0 Å². The number of benzene rings is 1. The number of para-hydroxylation sites is 1. The second-order valence-corrected chi connectivity index (χ2v) is 4.34. The fourth-order valence-electron chi connectivity index (χ4n) is 1.92. The van der Waals surface area contributed by atoms with Crippen LogP contribution >= 0.6 is 0 Å². The lowest BCUT2D eigenvalue weighted by molar-refractivity contribution is 0.0697. The van der Waals surface area contributed by atoms with Gasteiger partial charge in [0.05, 0.1) is 16.9 Å². The van der Waals surface area contributed by atoms with Gasteiger partial charge in [-0.2, -0.15) is 0 Å². The smallest absolute Gasteiger partial charge is 0.337 e. The van der Waals surface area contributed by atoms with E-state index in [2.05, 4.69) is 6.92 Å². The van der Waals surface area contributed by atoms with Crippen molar-refractivity contribution in [2.24, 2.45) is 0 Å². The van der Waals surface area contributed by atoms with Gasteiger partial charge in [-0.05, 0) is 32.4 Å². The third kappa shape index (κ3) is 2.90. The van der Waals surface area contributed by atoms with E-state index in [9.17, 15) is 9.90 Å². The Kier molecular flexibility index (Phi) is 4.37. The summed E-state index contributed by atoms with van der Waals surface area (Å²) in [6.07, 6.45) is 0.950. The molecule has 0 aliphatic rings. The Morgan fingerprint density at radius 1 is 1.47 bits per heavy atom. The van der Waals surface area contributed by atoms with Crippen LogP contribution in [0.5, 0.6) is 0 Å². The molecule has 1 rings (SSSR count). The summed E-state index contributed by atoms with van der Waals surface area (Å²) < 4.78 is 0. The van der Waals surface area contributed by atoms with Crippen LogP contribution < -0.4 is 10.6 Å². The Labute approximate surface area is 102 Å². The maximum absolute atomic E-state index is 11.2. The van der Waals surface area contributed by atoms with Gasteiger partial charge < -0.3 is 15.7 Å². The van der Waals surface area contributed by atoms with Crippen LogP contribution in [0.15, 0.2) is 18.2 Å². The van der Waals surface area contributed by atoms with Crippen LogP contribution in [0.2, 0.25) is 0 Å². The fourth-order valence-corrected chi connectivity index (χ4v) is 1.92. The molecule has 0 bridgehead atoms. The molecule has 0 amide bonds. The molecule has 0 aromatic heterocycles. The molecule has 0 atom stereocenters. The van der Waals surface area contributed by atoms with E-state index in [-0.39, 0.29) is 11.6 Å². The standard InChI is InChI=1S/C13H20N2O2/c1-4-8-15(9(2)3)12-10(13(16)17)6-5-7-11(12)14/h5-7,9H,4,8,14H2,1-3H3,(H,16,17). The van der Waals surface area contributed by atoms with Gasteiger partial charge >= 0.3 is 5.97 Å². The van der Waals surface area contributed by atoms with E-state index in [1.807, 2.05) is 18.7 Å². The van der Waals surface area contributed by atoms with Gasteiger partial charge in [0, 0.05) is 12.6 Å². The molecule has 0 spiro atoms. The average molecular weight is 236 g/mol. The number of rotatable bonds is 5. The van der Waals surface area contributed by atoms with Crippen LogP contribution in [0.4, 0.5) is 11.4 Å². The SMILES string of the molecule is CCCN(c1c(N)cccc1C(=O)O)C(C)C. The molecule has 0 fully saturated rings. The summed E-state index contributed by atoms with van der Waals surface area (Å²) in [5, 5.41) is 9.21. The van der Waals surface area contributed by atoms with Gasteiger partial charge in [-0.25, -0.2) is 4.79 Å². The van der Waals surface area contributed by atoms with Gasteiger partial charge in [0.1, 0.15) is 0 Å². The lowest BCUT2D eigenvalue weighted by atomic mass is 10.1. The minimum atomic E-state index is -0.936. The van der Waals surface area contributed by atoms with Crippen molar-refractivity contribution in [1.29, 1.82) is 0 Å². The highest BCUT2D eigenvalue weighted by atomic mass is 16.4. The number of anilines is 2. The lowest BCUT2D eigenvalue weighted by Gasteiger charge is -2.31. The highest BCUT2D eigenvalue weighted by Gasteiger charge is 2.20. The van der Waals surface area contributed by atoms with Gasteiger partial charge in [0.25, 0.3) is 0 Å². The van der Waals surface area contributed by atoms with E-state index in [0.29, 0.717) is 11.4 Å². The predicted molar refractivity (Wildman–Crippen MR) is 70.6 cm³/mol. The average Bonchev–Trinajstić information content (AvgIpc) is 2.25. The molecular weight excluding hydrogens is 216 g/mol. The van der Waals surface area contributed by atoms with Crippen LogP contribution in [0.25, 0.3) is 0 Å². The summed E-state index contributed by atoms with van der Waals surface area (Å²) in [6.45, 7) is 6.93. The summed E-state index contributed by atoms with van der Waals surface area (Å²) in [5.41, 5.74) is 7.35. The number of carbonyl (C=O) groups is 1. The summed E-state index contributed by atoms with van der Waals surface area (Å²) in [6, 6.07) is 5.23. The van der Waals surface area contributed by atoms with E-state index < -0.39 is 5.97 Å². The van der Waals surface area contributed by atoms with Crippen LogP contribution in [0, 0.1) is 0 Å². The zero-order valence-electron chi connectivity index (χ0n) is 10.6. The topological polar surface area (TPSA) is 66.6 Å². The second-order valence-electron chi connectivity index (χ2n) is 4.34. The van der Waals surface area contributed by atoms with Gasteiger partial charge in [-0.1, -0.05) is 13.0 Å². The summed E-state index contributed by atoms with van der Waals surface area (Å²) >= 11 is 0. The van der Waals surface area contributed by atoms with Crippen molar-refractivity contribution >= 4 is 17.3 Å². The Balaban J connectivity index is 3.29. The number of nitrogens with two attached hydrogens (primary N) is 1. The van der Waals surface area contributed by atoms with Crippen molar-refractivity contribution in [2.45, 2.75) is 33.2 Å². The van der Waals surface area contributed by atoms with Crippen molar-refractivity contribution in [3.05, 3.63) is 23.8 Å². The largest absolute Gasteiger partial charge is 0.478 e. The van der Waals surface area contributed by atoms with Gasteiger partial charge in [0.2, 0.25) is 0 Å². The highest BCUT2D eigenvalue weighted by Crippen LogP contribution is 2.29. The first kappa shape index (κ1) is 13.4. The van der Waals surface area contributed by atoms with Crippen molar-refractivity contribution < 1.29 is 9.90 Å². The Hall–Kier alpha value is -1.71. The number of nitrogen functional groups attached to an aromatic ring is 1. The molecule has 0 heterocycles. The quantitative estimate of drug-likeness (QED) is 0.771. The number of aromatic carboxylic acids is 1. The molecule has 0 saturated heterocycles. The van der Waals surface area contributed by atoms with Crippen molar-refractivity contribution in [3.8, 4) is 0 Å². The molecule has 4 nitrogen and oxygen atoms in total. The van der Waals surface area contributed by atoms with Crippen LogP contribution in [0.1, 0.15) is 37.6 Å². The third-order valence-electron chi connectivity index (χ3n) is 2.67. The van der Waals surface area contributed by atoms with Crippen molar-refractivity contribution in [1.82, 2.24) is 0 Å². The van der Waals surface area contributed by atoms with Crippen LogP contribution in [0.3, 0.4) is 0 Å². The first-order valence-corrected chi connectivity index (χ1v) is 5.87. The fraction of sp³-hybridized carbons (Fsp3) is 0.462. The minimum absolute atomic E-state index is 0.220. The number of carboxylic acid groups (broad SMARTS) is 1. The number of hydrogen-bond acceptors (Lipinski definition) is 3.